The maximum Gasteiger partial charge on any atom is 0.191 e. The van der Waals surface area contributed by atoms with Crippen LogP contribution in [-0.4, -0.2) is 75.0 Å². The zero-order chi connectivity index (χ0) is 21.4. The predicted octanol–water partition coefficient (Wildman–Crippen LogP) is 4.57. The van der Waals surface area contributed by atoms with Crippen molar-refractivity contribution in [1.29, 1.82) is 0 Å². The fraction of sp³-hybridized carbons (Fsp3) is 0.958. The molecule has 2 fully saturated rings. The van der Waals surface area contributed by atoms with Gasteiger partial charge in [0.15, 0.2) is 5.96 Å². The van der Waals surface area contributed by atoms with Gasteiger partial charge in [0.1, 0.15) is 0 Å². The lowest BCUT2D eigenvalue weighted by atomic mass is 9.98. The summed E-state index contributed by atoms with van der Waals surface area (Å²) in [6.45, 7) is 13.2. The van der Waals surface area contributed by atoms with Crippen LogP contribution in [0.4, 0.5) is 0 Å². The second-order valence-electron chi connectivity index (χ2n) is 9.13. The Balaban J connectivity index is 0.00000480. The Kier molecular flexibility index (Phi) is 17.1. The topological polar surface area (TPSA) is 58.1 Å². The third-order valence-corrected chi connectivity index (χ3v) is 6.11. The van der Waals surface area contributed by atoms with Crippen LogP contribution in [0.3, 0.4) is 0 Å². The largest absolute Gasteiger partial charge is 0.378 e. The van der Waals surface area contributed by atoms with Gasteiger partial charge in [0.2, 0.25) is 0 Å². The maximum atomic E-state index is 6.02. The fourth-order valence-electron chi connectivity index (χ4n) is 4.30. The first-order valence-corrected chi connectivity index (χ1v) is 12.7. The van der Waals surface area contributed by atoms with E-state index < -0.39 is 0 Å². The number of nitrogens with one attached hydrogen (secondary N) is 2. The highest BCUT2D eigenvalue weighted by Gasteiger charge is 2.19. The standard InChI is InChI=1S/C24H48N4O2.HI/c1-4-25-24(26-15-9-6-10-19-30-23-11-7-5-8-12-23)27-22-13-16-28(17-14-22)18-20-29-21(2)3;/h21-23H,4-20H2,1-3H3,(H2,25,26,27);1H. The van der Waals surface area contributed by atoms with Gasteiger partial charge in [-0.15, -0.1) is 24.0 Å². The van der Waals surface area contributed by atoms with Crippen molar-refractivity contribution in [3.63, 3.8) is 0 Å². The summed E-state index contributed by atoms with van der Waals surface area (Å²) in [4.78, 5) is 7.32. The molecule has 1 aliphatic carbocycles. The number of unbranched alkanes of at least 4 members (excludes halogenated alkanes) is 2. The quantitative estimate of drug-likeness (QED) is 0.152. The number of likely N-dealkylation sites (tertiary alicyclic amines) is 1. The SMILES string of the molecule is CCNC(=NCCCCCOC1CCCCC1)NC1CCN(CCOC(C)C)CC1.I. The van der Waals surface area contributed by atoms with E-state index >= 15 is 0 Å². The van der Waals surface area contributed by atoms with Gasteiger partial charge in [0.05, 0.1) is 18.8 Å². The molecule has 7 heteroatoms. The molecule has 6 nitrogen and oxygen atoms in total. The lowest BCUT2D eigenvalue weighted by Crippen LogP contribution is -2.49. The van der Waals surface area contributed by atoms with Crippen LogP contribution in [0.2, 0.25) is 0 Å². The molecule has 1 saturated heterocycles. The van der Waals surface area contributed by atoms with Crippen LogP contribution in [0.5, 0.6) is 0 Å². The molecule has 31 heavy (non-hydrogen) atoms. The first-order valence-electron chi connectivity index (χ1n) is 12.7. The monoisotopic (exact) mass is 552 g/mol. The molecule has 2 rings (SSSR count). The van der Waals surface area contributed by atoms with Crippen LogP contribution in [0.15, 0.2) is 4.99 Å². The molecule has 1 saturated carbocycles. The van der Waals surface area contributed by atoms with E-state index in [2.05, 4.69) is 36.3 Å². The number of aliphatic imine (C=N–C) groups is 1. The highest BCUT2D eigenvalue weighted by molar-refractivity contribution is 14.0. The average Bonchev–Trinajstić information content (AvgIpc) is 2.75. The molecule has 1 heterocycles. The molecule has 0 aromatic rings. The van der Waals surface area contributed by atoms with Gasteiger partial charge in [-0.2, -0.15) is 0 Å². The summed E-state index contributed by atoms with van der Waals surface area (Å²) < 4.78 is 11.7. The number of guanidine groups is 1. The van der Waals surface area contributed by atoms with Gasteiger partial charge in [-0.3, -0.25) is 4.99 Å². The molecule has 184 valence electrons. The number of hydrogen-bond donors (Lipinski definition) is 2. The molecule has 0 radical (unpaired) electrons. The van der Waals surface area contributed by atoms with Gasteiger partial charge in [0, 0.05) is 45.4 Å². The number of halogens is 1. The van der Waals surface area contributed by atoms with Gasteiger partial charge in [-0.25, -0.2) is 0 Å². The second kappa shape index (κ2) is 18.3. The smallest absolute Gasteiger partial charge is 0.191 e. The number of nitrogens with zero attached hydrogens (tertiary/aromatic N) is 2. The van der Waals surface area contributed by atoms with Crippen LogP contribution in [-0.2, 0) is 9.47 Å². The Morgan fingerprint density at radius 3 is 2.42 bits per heavy atom. The number of rotatable bonds is 13. The zero-order valence-corrected chi connectivity index (χ0v) is 22.7. The Labute approximate surface area is 208 Å². The van der Waals surface area contributed by atoms with Gasteiger partial charge < -0.3 is 25.0 Å². The molecule has 2 aliphatic rings. The van der Waals surface area contributed by atoms with Crippen molar-refractivity contribution in [3.8, 4) is 0 Å². The van der Waals surface area contributed by atoms with Crippen LogP contribution < -0.4 is 10.6 Å². The minimum Gasteiger partial charge on any atom is -0.378 e. The molecule has 0 spiro atoms. The molecular formula is C24H49IN4O2. The van der Waals surface area contributed by atoms with Crippen molar-refractivity contribution in [2.75, 3.05) is 45.9 Å². The average molecular weight is 553 g/mol. The fourth-order valence-corrected chi connectivity index (χ4v) is 4.30. The number of hydrogen-bond acceptors (Lipinski definition) is 4. The van der Waals surface area contributed by atoms with E-state index in [4.69, 9.17) is 14.5 Å². The third-order valence-electron chi connectivity index (χ3n) is 6.11. The van der Waals surface area contributed by atoms with Gasteiger partial charge in [-0.1, -0.05) is 19.3 Å². The van der Waals surface area contributed by atoms with Crippen LogP contribution >= 0.6 is 24.0 Å². The molecule has 0 aromatic carbocycles. The first-order chi connectivity index (χ1) is 14.7. The molecule has 0 bridgehead atoms. The van der Waals surface area contributed by atoms with Crippen LogP contribution in [0.25, 0.3) is 0 Å². The second-order valence-corrected chi connectivity index (χ2v) is 9.13. The minimum atomic E-state index is 0. The summed E-state index contributed by atoms with van der Waals surface area (Å²) in [5, 5.41) is 7.07. The number of ether oxygens (including phenoxy) is 2. The van der Waals surface area contributed by atoms with Crippen molar-refractivity contribution in [3.05, 3.63) is 0 Å². The van der Waals surface area contributed by atoms with Gasteiger partial charge in [-0.05, 0) is 65.7 Å². The Hall–Kier alpha value is -0.120. The predicted molar refractivity (Wildman–Crippen MR) is 142 cm³/mol. The van der Waals surface area contributed by atoms with E-state index in [1.807, 2.05) is 0 Å². The van der Waals surface area contributed by atoms with Gasteiger partial charge in [0.25, 0.3) is 0 Å². The van der Waals surface area contributed by atoms with Crippen LogP contribution in [0, 0.1) is 0 Å². The Morgan fingerprint density at radius 1 is 1.00 bits per heavy atom. The van der Waals surface area contributed by atoms with E-state index in [1.54, 1.807) is 0 Å². The van der Waals surface area contributed by atoms with Crippen molar-refractivity contribution in [1.82, 2.24) is 15.5 Å². The lowest BCUT2D eigenvalue weighted by molar-refractivity contribution is 0.0264. The van der Waals surface area contributed by atoms with Crippen molar-refractivity contribution >= 4 is 29.9 Å². The summed E-state index contributed by atoms with van der Waals surface area (Å²) in [5.41, 5.74) is 0. The van der Waals surface area contributed by atoms with Crippen molar-refractivity contribution in [2.45, 2.75) is 103 Å². The molecule has 0 atom stereocenters. The van der Waals surface area contributed by atoms with E-state index in [9.17, 15) is 0 Å². The summed E-state index contributed by atoms with van der Waals surface area (Å²) in [5.74, 6) is 0.984. The molecular weight excluding hydrogens is 503 g/mol. The normalized spacial score (nSPS) is 19.4. The maximum absolute atomic E-state index is 6.02. The van der Waals surface area contributed by atoms with E-state index in [-0.39, 0.29) is 24.0 Å². The summed E-state index contributed by atoms with van der Waals surface area (Å²) in [6, 6.07) is 0.522. The highest BCUT2D eigenvalue weighted by Crippen LogP contribution is 2.20. The summed E-state index contributed by atoms with van der Waals surface area (Å²) in [7, 11) is 0. The Morgan fingerprint density at radius 2 is 1.74 bits per heavy atom. The molecule has 1 aliphatic heterocycles. The van der Waals surface area contributed by atoms with Crippen LogP contribution in [0.1, 0.15) is 85.0 Å². The zero-order valence-electron chi connectivity index (χ0n) is 20.4. The summed E-state index contributed by atoms with van der Waals surface area (Å²) in [6.07, 6.45) is 13.3. The van der Waals surface area contributed by atoms with Crippen molar-refractivity contribution in [2.24, 2.45) is 4.99 Å². The summed E-state index contributed by atoms with van der Waals surface area (Å²) >= 11 is 0. The number of piperidine rings is 1. The third kappa shape index (κ3) is 13.9. The molecule has 0 aromatic heterocycles. The molecule has 2 N–H and O–H groups in total. The van der Waals surface area contributed by atoms with E-state index in [1.165, 1.54) is 51.4 Å². The van der Waals surface area contributed by atoms with Gasteiger partial charge >= 0.3 is 0 Å². The van der Waals surface area contributed by atoms with E-state index in [0.717, 1.165) is 64.7 Å². The lowest BCUT2D eigenvalue weighted by Gasteiger charge is -2.33. The minimum absolute atomic E-state index is 0. The molecule has 0 amide bonds. The Bertz CT molecular complexity index is 451. The first kappa shape index (κ1) is 28.9. The highest BCUT2D eigenvalue weighted by atomic mass is 127. The van der Waals surface area contributed by atoms with E-state index in [0.29, 0.717) is 18.2 Å². The van der Waals surface area contributed by atoms with Crippen molar-refractivity contribution < 1.29 is 9.47 Å². The molecule has 0 unspecified atom stereocenters.